The lowest BCUT2D eigenvalue weighted by atomic mass is 9.93. The molecule has 0 amide bonds. The summed E-state index contributed by atoms with van der Waals surface area (Å²) in [6, 6.07) is 25.8. The van der Waals surface area contributed by atoms with E-state index in [4.69, 9.17) is 4.98 Å². The van der Waals surface area contributed by atoms with Crippen molar-refractivity contribution in [1.82, 2.24) is 9.97 Å². The van der Waals surface area contributed by atoms with Crippen LogP contribution in [-0.4, -0.2) is 23.6 Å². The van der Waals surface area contributed by atoms with Gasteiger partial charge in [-0.25, -0.2) is 0 Å². The monoisotopic (exact) mass is 368 g/mol. The molecule has 28 heavy (non-hydrogen) atoms. The molecule has 0 radical (unpaired) electrons. The zero-order valence-electron chi connectivity index (χ0n) is 16.3. The van der Waals surface area contributed by atoms with E-state index in [0.29, 0.717) is 6.04 Å². The quantitative estimate of drug-likeness (QED) is 0.525. The molecule has 0 bridgehead atoms. The van der Waals surface area contributed by atoms with E-state index in [0.717, 1.165) is 36.1 Å². The van der Waals surface area contributed by atoms with E-state index < -0.39 is 0 Å². The van der Waals surface area contributed by atoms with Gasteiger partial charge in [0.05, 0.1) is 11.7 Å². The predicted octanol–water partition coefficient (Wildman–Crippen LogP) is 5.41. The molecule has 0 saturated heterocycles. The maximum atomic E-state index is 5.09. The first-order chi connectivity index (χ1) is 13.7. The molecule has 0 saturated carbocycles. The Morgan fingerprint density at radius 3 is 2.61 bits per heavy atom. The molecule has 3 aliphatic rings. The SMILES string of the molecule is CC1c2ccccc2CCN1c1nc(N(C)c2ccccc2)[nH]c2cccc1-2. The first-order valence-electron chi connectivity index (χ1n) is 9.84. The number of benzene rings is 2. The first-order valence-corrected chi connectivity index (χ1v) is 9.84. The maximum Gasteiger partial charge on any atom is 0.209 e. The Morgan fingerprint density at radius 1 is 0.964 bits per heavy atom. The van der Waals surface area contributed by atoms with E-state index in [-0.39, 0.29) is 0 Å². The molecule has 1 unspecified atom stereocenters. The molecule has 4 heteroatoms. The van der Waals surface area contributed by atoms with Crippen LogP contribution in [0.2, 0.25) is 0 Å². The van der Waals surface area contributed by atoms with Gasteiger partial charge in [-0.05, 0) is 48.7 Å². The summed E-state index contributed by atoms with van der Waals surface area (Å²) in [5.74, 6) is 1.91. The Morgan fingerprint density at radius 2 is 1.75 bits per heavy atom. The molecular formula is C24H24N4. The van der Waals surface area contributed by atoms with Crippen molar-refractivity contribution in [1.29, 1.82) is 0 Å². The van der Waals surface area contributed by atoms with E-state index in [1.54, 1.807) is 0 Å². The van der Waals surface area contributed by atoms with Gasteiger partial charge in [-0.3, -0.25) is 0 Å². The zero-order valence-corrected chi connectivity index (χ0v) is 16.3. The lowest BCUT2D eigenvalue weighted by Gasteiger charge is -2.37. The third-order valence-electron chi connectivity index (χ3n) is 5.84. The summed E-state index contributed by atoms with van der Waals surface area (Å²) in [6.07, 6.45) is 1.05. The molecule has 2 heterocycles. The van der Waals surface area contributed by atoms with E-state index in [9.17, 15) is 0 Å². The highest BCUT2D eigenvalue weighted by Gasteiger charge is 2.28. The standard InChI is InChI=1S/C24H24N4/c1-17-20-12-7-6-9-18(20)15-16-28(17)23-21-13-8-14-22(21)25-24(26-23)27(2)19-10-4-3-5-11-19/h3-14,17H,15-16H2,1-2H3,(H,25,26). The number of H-pyrrole nitrogens is 1. The van der Waals surface area contributed by atoms with Gasteiger partial charge in [0.25, 0.3) is 0 Å². The number of aromatic amines is 1. The van der Waals surface area contributed by atoms with Gasteiger partial charge in [0.2, 0.25) is 5.95 Å². The summed E-state index contributed by atoms with van der Waals surface area (Å²) in [6.45, 7) is 3.26. The number of fused-ring (bicyclic) bond motifs is 2. The number of nitrogens with zero attached hydrogens (tertiary/aromatic N) is 3. The third kappa shape index (κ3) is 2.73. The van der Waals surface area contributed by atoms with Gasteiger partial charge >= 0.3 is 0 Å². The molecule has 1 aliphatic carbocycles. The molecule has 2 aromatic carbocycles. The fourth-order valence-corrected chi connectivity index (χ4v) is 4.25. The average Bonchev–Trinajstić information content (AvgIpc) is 3.23. The highest BCUT2D eigenvalue weighted by molar-refractivity contribution is 5.78. The van der Waals surface area contributed by atoms with Gasteiger partial charge in [-0.15, -0.1) is 0 Å². The minimum Gasteiger partial charge on any atom is -0.349 e. The second-order valence-corrected chi connectivity index (χ2v) is 7.45. The van der Waals surface area contributed by atoms with E-state index >= 15 is 0 Å². The van der Waals surface area contributed by atoms with Crippen molar-refractivity contribution in [3.8, 4) is 11.3 Å². The largest absolute Gasteiger partial charge is 0.349 e. The fourth-order valence-electron chi connectivity index (χ4n) is 4.25. The minimum atomic E-state index is 0.299. The van der Waals surface area contributed by atoms with Crippen molar-refractivity contribution < 1.29 is 0 Å². The van der Waals surface area contributed by atoms with Crippen LogP contribution in [0.15, 0.2) is 72.8 Å². The predicted molar refractivity (Wildman–Crippen MR) is 116 cm³/mol. The number of para-hydroxylation sites is 1. The van der Waals surface area contributed by atoms with Crippen LogP contribution < -0.4 is 9.80 Å². The maximum absolute atomic E-state index is 5.09. The van der Waals surface area contributed by atoms with Crippen LogP contribution in [0.3, 0.4) is 0 Å². The Labute approximate surface area is 165 Å². The number of rotatable bonds is 3. The number of hydrogen-bond donors (Lipinski definition) is 1. The average molecular weight is 368 g/mol. The van der Waals surface area contributed by atoms with Crippen molar-refractivity contribution in [2.75, 3.05) is 23.4 Å². The normalized spacial score (nSPS) is 16.2. The van der Waals surface area contributed by atoms with Gasteiger partial charge in [-0.1, -0.05) is 48.5 Å². The topological polar surface area (TPSA) is 35.2 Å². The van der Waals surface area contributed by atoms with Crippen LogP contribution >= 0.6 is 0 Å². The van der Waals surface area contributed by atoms with Crippen LogP contribution in [0, 0.1) is 0 Å². The van der Waals surface area contributed by atoms with Gasteiger partial charge in [0.1, 0.15) is 5.82 Å². The smallest absolute Gasteiger partial charge is 0.209 e. The zero-order chi connectivity index (χ0) is 19.1. The van der Waals surface area contributed by atoms with Crippen LogP contribution in [0.4, 0.5) is 17.5 Å². The second-order valence-electron chi connectivity index (χ2n) is 7.45. The van der Waals surface area contributed by atoms with Crippen LogP contribution in [0.1, 0.15) is 24.1 Å². The highest BCUT2D eigenvalue weighted by atomic mass is 15.3. The van der Waals surface area contributed by atoms with Crippen LogP contribution in [-0.2, 0) is 6.42 Å². The molecule has 0 aromatic heterocycles. The van der Waals surface area contributed by atoms with Crippen molar-refractivity contribution in [3.63, 3.8) is 0 Å². The summed E-state index contributed by atoms with van der Waals surface area (Å²) in [4.78, 5) is 13.2. The molecule has 2 aromatic rings. The van der Waals surface area contributed by atoms with E-state index in [2.05, 4.69) is 95.5 Å². The van der Waals surface area contributed by atoms with Crippen molar-refractivity contribution in [2.45, 2.75) is 19.4 Å². The van der Waals surface area contributed by atoms with Gasteiger partial charge in [0.15, 0.2) is 0 Å². The van der Waals surface area contributed by atoms with Crippen molar-refractivity contribution in [2.24, 2.45) is 0 Å². The van der Waals surface area contributed by atoms with Gasteiger partial charge in [-0.2, -0.15) is 4.98 Å². The van der Waals surface area contributed by atoms with E-state index in [1.165, 1.54) is 16.7 Å². The van der Waals surface area contributed by atoms with Gasteiger partial charge in [0, 0.05) is 24.8 Å². The molecule has 4 nitrogen and oxygen atoms in total. The molecule has 0 spiro atoms. The minimum absolute atomic E-state index is 0.299. The number of anilines is 3. The Balaban J connectivity index is 1.60. The fraction of sp³-hybridized carbons (Fsp3) is 0.208. The highest BCUT2D eigenvalue weighted by Crippen LogP contribution is 2.39. The molecule has 2 aliphatic heterocycles. The summed E-state index contributed by atoms with van der Waals surface area (Å²) in [5, 5.41) is 0. The first kappa shape index (κ1) is 16.9. The molecule has 1 atom stereocenters. The molecule has 5 rings (SSSR count). The third-order valence-corrected chi connectivity index (χ3v) is 5.84. The Bertz CT molecular complexity index is 1070. The Kier molecular flexibility index (Phi) is 4.05. The van der Waals surface area contributed by atoms with Gasteiger partial charge < -0.3 is 14.8 Å². The lowest BCUT2D eigenvalue weighted by molar-refractivity contribution is 0.617. The molecular weight excluding hydrogens is 344 g/mol. The Hall–Kier alpha value is -3.27. The number of hydrogen-bond acceptors (Lipinski definition) is 3. The van der Waals surface area contributed by atoms with E-state index in [1.807, 2.05) is 6.07 Å². The molecule has 140 valence electrons. The summed E-state index contributed by atoms with van der Waals surface area (Å²) in [5.41, 5.74) is 6.26. The lowest BCUT2D eigenvalue weighted by Crippen LogP contribution is -2.35. The van der Waals surface area contributed by atoms with Crippen LogP contribution in [0.5, 0.6) is 0 Å². The number of nitrogens with one attached hydrogen (secondary N) is 1. The summed E-state index contributed by atoms with van der Waals surface area (Å²) >= 11 is 0. The molecule has 0 fully saturated rings. The molecule has 1 N–H and O–H groups in total. The second kappa shape index (κ2) is 6.71. The summed E-state index contributed by atoms with van der Waals surface area (Å²) < 4.78 is 0. The number of aromatic nitrogens is 2. The van der Waals surface area contributed by atoms with Crippen molar-refractivity contribution >= 4 is 17.5 Å². The van der Waals surface area contributed by atoms with Crippen molar-refractivity contribution in [3.05, 3.63) is 83.9 Å². The summed E-state index contributed by atoms with van der Waals surface area (Å²) in [7, 11) is 2.06. The van der Waals surface area contributed by atoms with Crippen LogP contribution in [0.25, 0.3) is 11.3 Å².